The third kappa shape index (κ3) is 3.78. The first-order valence-corrected chi connectivity index (χ1v) is 6.13. The van der Waals surface area contributed by atoms with Crippen LogP contribution in [0.5, 0.6) is 0 Å². The fourth-order valence-corrected chi connectivity index (χ4v) is 2.06. The highest BCUT2D eigenvalue weighted by molar-refractivity contribution is 7.98. The van der Waals surface area contributed by atoms with E-state index in [9.17, 15) is 0 Å². The fraction of sp³-hybridized carbons (Fsp3) is 1.00. The van der Waals surface area contributed by atoms with Crippen molar-refractivity contribution >= 4 is 11.8 Å². The first-order valence-electron chi connectivity index (χ1n) is 4.74. The van der Waals surface area contributed by atoms with Gasteiger partial charge in [-0.25, -0.2) is 0 Å². The Morgan fingerprint density at radius 2 is 2.42 bits per heavy atom. The lowest BCUT2D eigenvalue weighted by atomic mass is 10.2. The topological polar surface area (TPSA) is 15.3 Å². The molecule has 1 aliphatic heterocycles. The van der Waals surface area contributed by atoms with Crippen molar-refractivity contribution in [3.05, 3.63) is 0 Å². The summed E-state index contributed by atoms with van der Waals surface area (Å²) in [5.41, 5.74) is 0. The van der Waals surface area contributed by atoms with Crippen molar-refractivity contribution in [2.75, 3.05) is 38.7 Å². The Morgan fingerprint density at radius 3 is 3.00 bits per heavy atom. The maximum Gasteiger partial charge on any atom is 0.0207 e. The zero-order valence-electron chi connectivity index (χ0n) is 8.18. The molecule has 0 radical (unpaired) electrons. The van der Waals surface area contributed by atoms with Crippen molar-refractivity contribution in [3.63, 3.8) is 0 Å². The molecule has 0 bridgehead atoms. The molecule has 1 saturated heterocycles. The Labute approximate surface area is 80.1 Å². The van der Waals surface area contributed by atoms with E-state index in [2.05, 4.69) is 23.5 Å². The van der Waals surface area contributed by atoms with Gasteiger partial charge in [0.05, 0.1) is 0 Å². The van der Waals surface area contributed by atoms with E-state index in [1.807, 2.05) is 11.8 Å². The number of hydrogen-bond donors (Lipinski definition) is 1. The molecule has 0 aromatic rings. The van der Waals surface area contributed by atoms with Gasteiger partial charge in [-0.2, -0.15) is 11.8 Å². The Hall–Kier alpha value is 0.270. The molecular weight excluding hydrogens is 168 g/mol. The van der Waals surface area contributed by atoms with E-state index in [1.54, 1.807) is 0 Å². The maximum atomic E-state index is 3.59. The lowest BCUT2D eigenvalue weighted by molar-refractivity contribution is 0.398. The molecule has 0 saturated carbocycles. The Kier molecular flexibility index (Phi) is 5.04. The molecule has 3 heteroatoms. The van der Waals surface area contributed by atoms with Crippen LogP contribution in [0.2, 0.25) is 0 Å². The van der Waals surface area contributed by atoms with Crippen molar-refractivity contribution in [2.24, 2.45) is 0 Å². The molecule has 1 unspecified atom stereocenters. The normalized spacial score (nSPS) is 25.0. The predicted octanol–water partition coefficient (Wildman–Crippen LogP) is 1.03. The number of nitrogens with one attached hydrogen (secondary N) is 1. The van der Waals surface area contributed by atoms with Crippen LogP contribution in [0.15, 0.2) is 0 Å². The van der Waals surface area contributed by atoms with E-state index < -0.39 is 0 Å². The lowest BCUT2D eigenvalue weighted by Gasteiger charge is -2.11. The molecule has 0 aromatic heterocycles. The van der Waals surface area contributed by atoms with Gasteiger partial charge in [0, 0.05) is 12.6 Å². The monoisotopic (exact) mass is 188 g/mol. The van der Waals surface area contributed by atoms with Crippen LogP contribution in [0, 0.1) is 0 Å². The van der Waals surface area contributed by atoms with Gasteiger partial charge in [0.15, 0.2) is 0 Å². The van der Waals surface area contributed by atoms with Gasteiger partial charge in [-0.15, -0.1) is 0 Å². The number of likely N-dealkylation sites (N-methyl/N-ethyl adjacent to an activating group) is 1. The molecule has 1 heterocycles. The molecule has 1 aliphatic rings. The number of thioether (sulfide) groups is 1. The molecule has 0 amide bonds. The molecule has 12 heavy (non-hydrogen) atoms. The third-order valence-electron chi connectivity index (χ3n) is 2.35. The highest BCUT2D eigenvalue weighted by Gasteiger charge is 2.17. The Bertz CT molecular complexity index is 119. The highest BCUT2D eigenvalue weighted by Crippen LogP contribution is 2.05. The van der Waals surface area contributed by atoms with Gasteiger partial charge in [-0.1, -0.05) is 0 Å². The van der Waals surface area contributed by atoms with E-state index in [4.69, 9.17) is 0 Å². The lowest BCUT2D eigenvalue weighted by Crippen LogP contribution is -2.32. The molecule has 0 aliphatic carbocycles. The summed E-state index contributed by atoms with van der Waals surface area (Å²) in [6.45, 7) is 3.69. The van der Waals surface area contributed by atoms with Crippen molar-refractivity contribution in [3.8, 4) is 0 Å². The molecule has 0 spiro atoms. The summed E-state index contributed by atoms with van der Waals surface area (Å²) in [7, 11) is 2.20. The average Bonchev–Trinajstić information content (AvgIpc) is 2.45. The molecule has 72 valence electrons. The molecule has 0 aromatic carbocycles. The van der Waals surface area contributed by atoms with E-state index >= 15 is 0 Å². The molecule has 1 fully saturated rings. The van der Waals surface area contributed by atoms with Gasteiger partial charge in [0.1, 0.15) is 0 Å². The second-order valence-electron chi connectivity index (χ2n) is 3.55. The van der Waals surface area contributed by atoms with Gasteiger partial charge in [-0.3, -0.25) is 0 Å². The van der Waals surface area contributed by atoms with Crippen molar-refractivity contribution in [1.82, 2.24) is 10.2 Å². The third-order valence-corrected chi connectivity index (χ3v) is 3.05. The average molecular weight is 188 g/mol. The largest absolute Gasteiger partial charge is 0.313 e. The Morgan fingerprint density at radius 1 is 1.58 bits per heavy atom. The smallest absolute Gasteiger partial charge is 0.0207 e. The number of likely N-dealkylation sites (tertiary alicyclic amines) is 1. The number of nitrogens with zero attached hydrogens (tertiary/aromatic N) is 1. The van der Waals surface area contributed by atoms with Crippen LogP contribution in [-0.4, -0.2) is 49.6 Å². The first kappa shape index (κ1) is 10.4. The first-order chi connectivity index (χ1) is 5.83. The second kappa shape index (κ2) is 5.84. The van der Waals surface area contributed by atoms with Crippen LogP contribution in [0.1, 0.15) is 12.8 Å². The van der Waals surface area contributed by atoms with Crippen molar-refractivity contribution < 1.29 is 0 Å². The molecule has 1 rings (SSSR count). The SMILES string of the molecule is CSCCCNC1CCN(C)C1. The van der Waals surface area contributed by atoms with E-state index in [-0.39, 0.29) is 0 Å². The summed E-state index contributed by atoms with van der Waals surface area (Å²) in [6.07, 6.45) is 4.81. The van der Waals surface area contributed by atoms with Gasteiger partial charge in [-0.05, 0) is 45.0 Å². The van der Waals surface area contributed by atoms with Gasteiger partial charge >= 0.3 is 0 Å². The summed E-state index contributed by atoms with van der Waals surface area (Å²) in [5.74, 6) is 1.29. The summed E-state index contributed by atoms with van der Waals surface area (Å²) in [4.78, 5) is 2.40. The molecule has 2 nitrogen and oxygen atoms in total. The minimum Gasteiger partial charge on any atom is -0.313 e. The van der Waals surface area contributed by atoms with E-state index in [0.717, 1.165) is 6.04 Å². The van der Waals surface area contributed by atoms with Crippen LogP contribution < -0.4 is 5.32 Å². The molecule has 1 N–H and O–H groups in total. The zero-order chi connectivity index (χ0) is 8.81. The molecule has 1 atom stereocenters. The van der Waals surface area contributed by atoms with Gasteiger partial charge in [0.2, 0.25) is 0 Å². The number of rotatable bonds is 5. The molecular formula is C9H20N2S. The predicted molar refractivity (Wildman–Crippen MR) is 56.9 cm³/mol. The van der Waals surface area contributed by atoms with E-state index in [0.29, 0.717) is 0 Å². The standard InChI is InChI=1S/C9H20N2S/c1-11-6-4-9(8-11)10-5-3-7-12-2/h9-10H,3-8H2,1-2H3. The van der Waals surface area contributed by atoms with E-state index in [1.165, 1.54) is 38.2 Å². The summed E-state index contributed by atoms with van der Waals surface area (Å²) < 4.78 is 0. The Balaban J connectivity index is 1.93. The maximum absolute atomic E-state index is 3.59. The van der Waals surface area contributed by atoms with Gasteiger partial charge in [0.25, 0.3) is 0 Å². The number of hydrogen-bond acceptors (Lipinski definition) is 3. The van der Waals surface area contributed by atoms with Crippen molar-refractivity contribution in [2.45, 2.75) is 18.9 Å². The summed E-state index contributed by atoms with van der Waals surface area (Å²) >= 11 is 1.93. The van der Waals surface area contributed by atoms with Crippen molar-refractivity contribution in [1.29, 1.82) is 0 Å². The quantitative estimate of drug-likeness (QED) is 0.649. The second-order valence-corrected chi connectivity index (χ2v) is 4.53. The summed E-state index contributed by atoms with van der Waals surface area (Å²) in [6, 6.07) is 0.761. The summed E-state index contributed by atoms with van der Waals surface area (Å²) in [5, 5.41) is 3.59. The van der Waals surface area contributed by atoms with Crippen LogP contribution >= 0.6 is 11.8 Å². The fourth-order valence-electron chi connectivity index (χ4n) is 1.62. The van der Waals surface area contributed by atoms with Crippen LogP contribution in [0.25, 0.3) is 0 Å². The zero-order valence-corrected chi connectivity index (χ0v) is 8.99. The minimum atomic E-state index is 0.761. The van der Waals surface area contributed by atoms with Crippen LogP contribution in [-0.2, 0) is 0 Å². The van der Waals surface area contributed by atoms with Crippen LogP contribution in [0.4, 0.5) is 0 Å². The van der Waals surface area contributed by atoms with Gasteiger partial charge < -0.3 is 10.2 Å². The van der Waals surface area contributed by atoms with Crippen LogP contribution in [0.3, 0.4) is 0 Å². The highest BCUT2D eigenvalue weighted by atomic mass is 32.2. The minimum absolute atomic E-state index is 0.761.